The van der Waals surface area contributed by atoms with E-state index in [9.17, 15) is 18.0 Å². The first-order chi connectivity index (χ1) is 11.4. The van der Waals surface area contributed by atoms with E-state index >= 15 is 0 Å². The van der Waals surface area contributed by atoms with Crippen LogP contribution >= 0.6 is 0 Å². The van der Waals surface area contributed by atoms with E-state index in [-0.39, 0.29) is 11.6 Å². The summed E-state index contributed by atoms with van der Waals surface area (Å²) in [6, 6.07) is 9.74. The van der Waals surface area contributed by atoms with Gasteiger partial charge in [0.25, 0.3) is 5.91 Å². The summed E-state index contributed by atoms with van der Waals surface area (Å²) < 4.78 is 37.3. The predicted octanol–water partition coefficient (Wildman–Crippen LogP) is 2.50. The zero-order chi connectivity index (χ0) is 17.2. The van der Waals surface area contributed by atoms with Gasteiger partial charge in [-0.25, -0.2) is 9.97 Å². The Kier molecular flexibility index (Phi) is 4.37. The summed E-state index contributed by atoms with van der Waals surface area (Å²) in [5, 5.41) is 2.81. The summed E-state index contributed by atoms with van der Waals surface area (Å²) in [5.74, 6) is -1.72. The number of carbonyl (C=O) groups excluding carboxylic acids is 1. The number of anilines is 1. The number of halogens is 3. The van der Waals surface area contributed by atoms with Crippen LogP contribution in [-0.4, -0.2) is 35.0 Å². The van der Waals surface area contributed by atoms with Crippen LogP contribution in [0.15, 0.2) is 42.7 Å². The fraction of sp³-hybridized carbons (Fsp3) is 0.312. The Hall–Kier alpha value is -2.64. The number of nitrogens with one attached hydrogen (secondary N) is 1. The zero-order valence-electron chi connectivity index (χ0n) is 12.6. The number of para-hydroxylation sites is 1. The van der Waals surface area contributed by atoms with Crippen molar-refractivity contribution in [2.24, 2.45) is 0 Å². The Morgan fingerprint density at radius 1 is 1.17 bits per heavy atom. The van der Waals surface area contributed by atoms with E-state index in [1.807, 2.05) is 30.3 Å². The molecule has 2 heterocycles. The van der Waals surface area contributed by atoms with Crippen molar-refractivity contribution < 1.29 is 18.0 Å². The second kappa shape index (κ2) is 6.46. The lowest BCUT2D eigenvalue weighted by molar-refractivity contribution is -0.145. The van der Waals surface area contributed by atoms with Crippen LogP contribution in [0.25, 0.3) is 0 Å². The molecule has 2 aromatic rings. The molecular formula is C16H15F3N4O. The van der Waals surface area contributed by atoms with Gasteiger partial charge in [0.1, 0.15) is 0 Å². The molecule has 1 amide bonds. The fourth-order valence-electron chi connectivity index (χ4n) is 2.61. The lowest BCUT2D eigenvalue weighted by Gasteiger charge is -2.19. The lowest BCUT2D eigenvalue weighted by Crippen LogP contribution is -2.37. The molecule has 8 heteroatoms. The third-order valence-electron chi connectivity index (χ3n) is 3.81. The Labute approximate surface area is 136 Å². The van der Waals surface area contributed by atoms with Gasteiger partial charge >= 0.3 is 6.18 Å². The number of aromatic nitrogens is 2. The van der Waals surface area contributed by atoms with Crippen molar-refractivity contribution in [3.63, 3.8) is 0 Å². The SMILES string of the molecule is O=C(N[C@@H]1CCN(c2ccccc2)C1)c1cnc(C(F)(F)F)nc1. The van der Waals surface area contributed by atoms with Crippen LogP contribution in [0.4, 0.5) is 18.9 Å². The molecule has 1 atom stereocenters. The molecule has 1 saturated heterocycles. The fourth-order valence-corrected chi connectivity index (χ4v) is 2.61. The van der Waals surface area contributed by atoms with E-state index in [0.717, 1.165) is 31.0 Å². The van der Waals surface area contributed by atoms with Crippen LogP contribution in [0.5, 0.6) is 0 Å². The maximum Gasteiger partial charge on any atom is 0.451 e. The molecule has 3 rings (SSSR count). The van der Waals surface area contributed by atoms with Crippen molar-refractivity contribution in [2.45, 2.75) is 18.6 Å². The van der Waals surface area contributed by atoms with Crippen molar-refractivity contribution in [3.8, 4) is 0 Å². The summed E-state index contributed by atoms with van der Waals surface area (Å²) in [6.07, 6.45) is -2.05. The van der Waals surface area contributed by atoms with Crippen LogP contribution in [0.2, 0.25) is 0 Å². The van der Waals surface area contributed by atoms with Gasteiger partial charge in [0.15, 0.2) is 0 Å². The number of benzene rings is 1. The van der Waals surface area contributed by atoms with Gasteiger partial charge in [-0.3, -0.25) is 4.79 Å². The normalized spacial score (nSPS) is 17.8. The molecule has 5 nitrogen and oxygen atoms in total. The lowest BCUT2D eigenvalue weighted by atomic mass is 10.2. The average molecular weight is 336 g/mol. The number of nitrogens with zero attached hydrogens (tertiary/aromatic N) is 3. The highest BCUT2D eigenvalue weighted by molar-refractivity contribution is 5.93. The van der Waals surface area contributed by atoms with Crippen LogP contribution in [0.1, 0.15) is 22.6 Å². The van der Waals surface area contributed by atoms with Crippen molar-refractivity contribution in [2.75, 3.05) is 18.0 Å². The van der Waals surface area contributed by atoms with E-state index < -0.39 is 17.9 Å². The van der Waals surface area contributed by atoms with E-state index in [2.05, 4.69) is 20.2 Å². The van der Waals surface area contributed by atoms with Crippen molar-refractivity contribution in [3.05, 3.63) is 54.1 Å². The minimum absolute atomic E-state index is 0.0150. The van der Waals surface area contributed by atoms with Gasteiger partial charge in [0, 0.05) is 37.2 Å². The summed E-state index contributed by atoms with van der Waals surface area (Å²) in [6.45, 7) is 1.45. The van der Waals surface area contributed by atoms with E-state index in [1.165, 1.54) is 0 Å². The van der Waals surface area contributed by atoms with Crippen molar-refractivity contribution in [1.82, 2.24) is 15.3 Å². The highest BCUT2D eigenvalue weighted by Gasteiger charge is 2.34. The molecule has 1 aromatic carbocycles. The Bertz CT molecular complexity index is 704. The molecule has 1 aliphatic rings. The molecule has 0 unspecified atom stereocenters. The van der Waals surface area contributed by atoms with Gasteiger partial charge in [-0.15, -0.1) is 0 Å². The third kappa shape index (κ3) is 3.64. The number of hydrogen-bond donors (Lipinski definition) is 1. The van der Waals surface area contributed by atoms with Crippen LogP contribution in [0, 0.1) is 0 Å². The molecule has 1 aliphatic heterocycles. The van der Waals surface area contributed by atoms with Crippen LogP contribution in [0.3, 0.4) is 0 Å². The van der Waals surface area contributed by atoms with Gasteiger partial charge in [0.05, 0.1) is 5.56 Å². The van der Waals surface area contributed by atoms with Gasteiger partial charge < -0.3 is 10.2 Å². The number of amides is 1. The third-order valence-corrected chi connectivity index (χ3v) is 3.81. The maximum absolute atomic E-state index is 12.4. The van der Waals surface area contributed by atoms with E-state index in [1.54, 1.807) is 0 Å². The first-order valence-electron chi connectivity index (χ1n) is 7.43. The molecule has 0 spiro atoms. The van der Waals surface area contributed by atoms with Crippen LogP contribution < -0.4 is 10.2 Å². The van der Waals surface area contributed by atoms with Crippen molar-refractivity contribution >= 4 is 11.6 Å². The Morgan fingerprint density at radius 2 is 1.83 bits per heavy atom. The molecule has 0 aliphatic carbocycles. The van der Waals surface area contributed by atoms with Gasteiger partial charge in [0.2, 0.25) is 5.82 Å². The minimum Gasteiger partial charge on any atom is -0.369 e. The topological polar surface area (TPSA) is 58.1 Å². The zero-order valence-corrected chi connectivity index (χ0v) is 12.6. The first-order valence-corrected chi connectivity index (χ1v) is 7.43. The van der Waals surface area contributed by atoms with Crippen molar-refractivity contribution in [1.29, 1.82) is 0 Å². The molecule has 1 N–H and O–H groups in total. The molecule has 0 saturated carbocycles. The number of rotatable bonds is 3. The predicted molar refractivity (Wildman–Crippen MR) is 81.6 cm³/mol. The maximum atomic E-state index is 12.4. The quantitative estimate of drug-likeness (QED) is 0.936. The van der Waals surface area contributed by atoms with E-state index in [4.69, 9.17) is 0 Å². The number of hydrogen-bond acceptors (Lipinski definition) is 4. The molecule has 24 heavy (non-hydrogen) atoms. The van der Waals surface area contributed by atoms with E-state index in [0.29, 0.717) is 6.54 Å². The summed E-state index contributed by atoms with van der Waals surface area (Å²) in [4.78, 5) is 20.7. The Morgan fingerprint density at radius 3 is 2.46 bits per heavy atom. The Balaban J connectivity index is 1.60. The van der Waals surface area contributed by atoms with Crippen LogP contribution in [-0.2, 0) is 6.18 Å². The monoisotopic (exact) mass is 336 g/mol. The number of alkyl halides is 3. The standard InChI is InChI=1S/C16H15F3N4O/c17-16(18,19)15-20-8-11(9-21-15)14(24)22-12-6-7-23(10-12)13-4-2-1-3-5-13/h1-5,8-9,12H,6-7,10H2,(H,22,24)/t12-/m1/s1. The summed E-state index contributed by atoms with van der Waals surface area (Å²) in [7, 11) is 0. The molecule has 1 aromatic heterocycles. The molecule has 0 bridgehead atoms. The molecule has 1 fully saturated rings. The van der Waals surface area contributed by atoms with Gasteiger partial charge in [-0.1, -0.05) is 18.2 Å². The second-order valence-electron chi connectivity index (χ2n) is 5.53. The first kappa shape index (κ1) is 16.2. The molecule has 0 radical (unpaired) electrons. The average Bonchev–Trinajstić information content (AvgIpc) is 3.03. The highest BCUT2D eigenvalue weighted by atomic mass is 19.4. The summed E-state index contributed by atoms with van der Waals surface area (Å²) in [5.41, 5.74) is 1.09. The minimum atomic E-state index is -4.61. The molecule has 126 valence electrons. The summed E-state index contributed by atoms with van der Waals surface area (Å²) >= 11 is 0. The highest BCUT2D eigenvalue weighted by Crippen LogP contribution is 2.25. The van der Waals surface area contributed by atoms with Gasteiger partial charge in [-0.2, -0.15) is 13.2 Å². The largest absolute Gasteiger partial charge is 0.451 e. The second-order valence-corrected chi connectivity index (χ2v) is 5.53. The van der Waals surface area contributed by atoms with Gasteiger partial charge in [-0.05, 0) is 18.6 Å². The molecular weight excluding hydrogens is 321 g/mol. The smallest absolute Gasteiger partial charge is 0.369 e. The number of carbonyl (C=O) groups is 1.